The van der Waals surface area contributed by atoms with Gasteiger partial charge in [0.1, 0.15) is 17.6 Å². The Labute approximate surface area is 220 Å². The van der Waals surface area contributed by atoms with Crippen LogP contribution in [0.2, 0.25) is 0 Å². The average Bonchev–Trinajstić information content (AvgIpc) is 3.43. The number of likely N-dealkylation sites (tertiary alicyclic amines) is 1. The first kappa shape index (κ1) is 22.9. The second kappa shape index (κ2) is 9.91. The lowest BCUT2D eigenvalue weighted by atomic mass is 10.0. The van der Waals surface area contributed by atoms with E-state index < -0.39 is 85.6 Å². The minimum atomic E-state index is -3.53. The number of amides is 1. The number of rotatable bonds is 7. The predicted molar refractivity (Wildman–Crippen MR) is 125 cm³/mol. The first-order valence-corrected chi connectivity index (χ1v) is 11.4. The number of alkyl halides is 4. The van der Waals surface area contributed by atoms with Gasteiger partial charge in [0.2, 0.25) is 17.7 Å². The highest BCUT2D eigenvalue weighted by atomic mass is 19.3. The molecule has 0 bridgehead atoms. The van der Waals surface area contributed by atoms with E-state index in [9.17, 15) is 26.7 Å². The summed E-state index contributed by atoms with van der Waals surface area (Å²) in [6, 6.07) is 0.373. The minimum absolute atomic E-state index is 0.102. The average molecular weight is 560 g/mol. The molecule has 208 valence electrons. The molecule has 10 nitrogen and oxygen atoms in total. The fourth-order valence-corrected chi connectivity index (χ4v) is 4.57. The summed E-state index contributed by atoms with van der Waals surface area (Å²) in [5.74, 6) is -7.83. The number of aliphatic hydroxyl groups excluding tert-OH is 1. The van der Waals surface area contributed by atoms with Crippen molar-refractivity contribution in [3.05, 3.63) is 36.3 Å². The lowest BCUT2D eigenvalue weighted by Gasteiger charge is -2.38. The van der Waals surface area contributed by atoms with Crippen molar-refractivity contribution in [3.8, 4) is 17.0 Å². The summed E-state index contributed by atoms with van der Waals surface area (Å²) in [5.41, 5.74) is -1.45. The monoisotopic (exact) mass is 560 g/mol. The molecule has 5 rings (SSSR count). The molecule has 1 atom stereocenters. The van der Waals surface area contributed by atoms with Crippen LogP contribution >= 0.6 is 0 Å². The predicted octanol–water partition coefficient (Wildman–Crippen LogP) is 2.94. The fraction of sp³-hybridized carbons (Fsp3) is 0.391. The van der Waals surface area contributed by atoms with Gasteiger partial charge in [0.05, 0.1) is 53.9 Å². The van der Waals surface area contributed by atoms with Gasteiger partial charge in [0.25, 0.3) is 12.3 Å². The lowest BCUT2D eigenvalue weighted by molar-refractivity contribution is -0.145. The molecule has 0 saturated carbocycles. The van der Waals surface area contributed by atoms with E-state index in [-0.39, 0.29) is 29.6 Å². The number of hydrogen-bond acceptors (Lipinski definition) is 7. The number of benzene rings is 1. The molecule has 1 aliphatic rings. The molecular formula is C23H21F6N7O3. The van der Waals surface area contributed by atoms with Gasteiger partial charge in [0.15, 0.2) is 11.6 Å². The molecule has 4 heterocycles. The zero-order valence-corrected chi connectivity index (χ0v) is 19.7. The van der Waals surface area contributed by atoms with Crippen molar-refractivity contribution in [2.24, 2.45) is 0 Å². The molecule has 0 spiro atoms. The molecule has 0 unspecified atom stereocenters. The molecular weight excluding hydrogens is 536 g/mol. The molecule has 4 aromatic rings. The first-order chi connectivity index (χ1) is 19.7. The van der Waals surface area contributed by atoms with E-state index >= 15 is 4.39 Å². The number of methoxy groups -OCH3 is 1. The van der Waals surface area contributed by atoms with Crippen LogP contribution in [0.25, 0.3) is 27.7 Å². The standard InChI is InChI=1S/C23H21F6N7O3/c1-39-21-20-18(11-4-12(24)19-14(5-11)35(10-30-19)7-16(26)27)13(25)6-36(20)33-22(32-21)31-15-2-3-34(17(38)8-37)9-23(15,28)29/h4-6,10,15-16,37H,2-3,7-9H2,1H3,(H,31,33)/t15-/m1/s1/i1D3. The number of nitrogens with zero attached hydrogens (tertiary/aromatic N) is 6. The van der Waals surface area contributed by atoms with E-state index in [2.05, 4.69) is 20.4 Å². The van der Waals surface area contributed by atoms with Crippen LogP contribution in [0, 0.1) is 11.6 Å². The van der Waals surface area contributed by atoms with E-state index in [1.54, 1.807) is 0 Å². The Morgan fingerprint density at radius 3 is 2.82 bits per heavy atom. The number of anilines is 1. The lowest BCUT2D eigenvalue weighted by Crippen LogP contribution is -2.56. The van der Waals surface area contributed by atoms with Crippen LogP contribution in [0.1, 0.15) is 10.5 Å². The Morgan fingerprint density at radius 1 is 1.33 bits per heavy atom. The normalized spacial score (nSPS) is 18.8. The van der Waals surface area contributed by atoms with Crippen LogP contribution in [-0.2, 0) is 11.3 Å². The molecule has 16 heteroatoms. The van der Waals surface area contributed by atoms with Gasteiger partial charge in [-0.2, -0.15) is 4.98 Å². The Kier molecular flexibility index (Phi) is 5.81. The summed E-state index contributed by atoms with van der Waals surface area (Å²) in [7, 11) is -3.16. The summed E-state index contributed by atoms with van der Waals surface area (Å²) >= 11 is 0. The Bertz CT molecular complexity index is 1660. The number of ether oxygens (including phenoxy) is 1. The maximum atomic E-state index is 15.4. The number of piperidine rings is 1. The summed E-state index contributed by atoms with van der Waals surface area (Å²) in [6.07, 6.45) is -1.38. The largest absolute Gasteiger partial charge is 0.479 e. The second-order valence-electron chi connectivity index (χ2n) is 8.82. The fourth-order valence-electron chi connectivity index (χ4n) is 4.57. The van der Waals surface area contributed by atoms with E-state index in [1.807, 2.05) is 0 Å². The zero-order valence-electron chi connectivity index (χ0n) is 22.7. The molecule has 1 saturated heterocycles. The van der Waals surface area contributed by atoms with Gasteiger partial charge in [0, 0.05) is 6.54 Å². The van der Waals surface area contributed by atoms with Crippen molar-refractivity contribution in [1.82, 2.24) is 29.0 Å². The number of aliphatic hydroxyl groups is 1. The van der Waals surface area contributed by atoms with Crippen LogP contribution in [0.4, 0.5) is 32.3 Å². The molecule has 39 heavy (non-hydrogen) atoms. The highest BCUT2D eigenvalue weighted by molar-refractivity contribution is 5.90. The van der Waals surface area contributed by atoms with Crippen molar-refractivity contribution < 1.29 is 45.1 Å². The Morgan fingerprint density at radius 2 is 2.13 bits per heavy atom. The molecule has 1 fully saturated rings. The van der Waals surface area contributed by atoms with Crippen molar-refractivity contribution >= 4 is 28.4 Å². The molecule has 1 aliphatic heterocycles. The quantitative estimate of drug-likeness (QED) is 0.335. The minimum Gasteiger partial charge on any atom is -0.479 e. The van der Waals surface area contributed by atoms with Gasteiger partial charge >= 0.3 is 0 Å². The topological polar surface area (TPSA) is 110 Å². The molecule has 3 aromatic heterocycles. The van der Waals surface area contributed by atoms with Gasteiger partial charge in [-0.3, -0.25) is 4.79 Å². The smallest absolute Gasteiger partial charge is 0.285 e. The van der Waals surface area contributed by atoms with Crippen LogP contribution in [0.5, 0.6) is 5.88 Å². The van der Waals surface area contributed by atoms with Gasteiger partial charge in [-0.15, -0.1) is 5.10 Å². The van der Waals surface area contributed by atoms with Crippen molar-refractivity contribution in [2.75, 3.05) is 32.1 Å². The number of hydrogen-bond donors (Lipinski definition) is 2. The number of fused-ring (bicyclic) bond motifs is 2. The SMILES string of the molecule is [2H]C([2H])([2H])Oc1nc(N[C@@H]2CCN(C(=O)CO)CC2(F)F)nn2cc(F)c(-c3cc(F)c4ncn(CC(F)F)c4c3)c12. The third-order valence-electron chi connectivity index (χ3n) is 6.34. The number of imidazole rings is 1. The maximum Gasteiger partial charge on any atom is 0.285 e. The van der Waals surface area contributed by atoms with Crippen LogP contribution < -0.4 is 10.1 Å². The molecule has 1 amide bonds. The van der Waals surface area contributed by atoms with Gasteiger partial charge < -0.3 is 24.6 Å². The summed E-state index contributed by atoms with van der Waals surface area (Å²) in [4.78, 5) is 20.1. The number of aromatic nitrogens is 5. The van der Waals surface area contributed by atoms with Crippen LogP contribution in [-0.4, -0.2) is 85.2 Å². The maximum absolute atomic E-state index is 15.4. The van der Waals surface area contributed by atoms with Crippen molar-refractivity contribution in [2.45, 2.75) is 31.4 Å². The van der Waals surface area contributed by atoms with E-state index in [1.165, 1.54) is 6.07 Å². The third kappa shape index (κ3) is 4.79. The molecule has 1 aromatic carbocycles. The highest BCUT2D eigenvalue weighted by Gasteiger charge is 2.46. The number of nitrogens with one attached hydrogen (secondary N) is 1. The Balaban J connectivity index is 1.59. The van der Waals surface area contributed by atoms with Crippen molar-refractivity contribution in [1.29, 1.82) is 0 Å². The van der Waals surface area contributed by atoms with E-state index in [0.717, 1.165) is 32.6 Å². The molecule has 2 N–H and O–H groups in total. The zero-order chi connectivity index (χ0) is 30.6. The van der Waals surface area contributed by atoms with Gasteiger partial charge in [-0.25, -0.2) is 35.8 Å². The van der Waals surface area contributed by atoms with Crippen LogP contribution in [0.15, 0.2) is 24.7 Å². The Hall–Kier alpha value is -4.08. The first-order valence-electron chi connectivity index (χ1n) is 12.9. The summed E-state index contributed by atoms with van der Waals surface area (Å²) < 4.78 is 115. The van der Waals surface area contributed by atoms with Crippen LogP contribution in [0.3, 0.4) is 0 Å². The summed E-state index contributed by atoms with van der Waals surface area (Å²) in [6.45, 7) is -2.95. The van der Waals surface area contributed by atoms with Gasteiger partial charge in [-0.05, 0) is 24.1 Å². The molecule has 0 radical (unpaired) electrons. The number of carbonyl (C=O) groups is 1. The summed E-state index contributed by atoms with van der Waals surface area (Å²) in [5, 5.41) is 15.3. The molecule has 0 aliphatic carbocycles. The van der Waals surface area contributed by atoms with E-state index in [4.69, 9.17) is 14.0 Å². The van der Waals surface area contributed by atoms with Crippen molar-refractivity contribution in [3.63, 3.8) is 0 Å². The number of carbonyl (C=O) groups excluding carboxylic acids is 1. The highest BCUT2D eigenvalue weighted by Crippen LogP contribution is 2.37. The van der Waals surface area contributed by atoms with E-state index in [0.29, 0.717) is 0 Å². The van der Waals surface area contributed by atoms with Gasteiger partial charge in [-0.1, -0.05) is 0 Å². The number of halogens is 6. The second-order valence-corrected chi connectivity index (χ2v) is 8.82. The third-order valence-corrected chi connectivity index (χ3v) is 6.34.